The molecule has 0 spiro atoms. The van der Waals surface area contributed by atoms with Crippen molar-refractivity contribution >= 4 is 12.8 Å². The van der Waals surface area contributed by atoms with Crippen molar-refractivity contribution in [2.24, 2.45) is 0 Å². The van der Waals surface area contributed by atoms with Gasteiger partial charge in [-0.15, -0.1) is 0 Å². The van der Waals surface area contributed by atoms with Crippen molar-refractivity contribution < 1.29 is 19.2 Å². The van der Waals surface area contributed by atoms with Crippen molar-refractivity contribution in [3.63, 3.8) is 0 Å². The summed E-state index contributed by atoms with van der Waals surface area (Å²) in [6.07, 6.45) is 3.69. The van der Waals surface area contributed by atoms with Crippen LogP contribution in [0.2, 0.25) is 0 Å². The van der Waals surface area contributed by atoms with E-state index in [0.29, 0.717) is 11.5 Å². The van der Waals surface area contributed by atoms with Crippen LogP contribution >= 0.6 is 0 Å². The minimum Gasteiger partial charge on any atom is -0.448 e. The number of aromatic nitrogens is 1. The predicted molar refractivity (Wildman–Crippen MR) is 77.1 cm³/mol. The van der Waals surface area contributed by atoms with Gasteiger partial charge in [-0.1, -0.05) is 0 Å². The second-order valence-electron chi connectivity index (χ2n) is 5.81. The average Bonchev–Trinajstić information content (AvgIpc) is 2.98. The second-order valence-corrected chi connectivity index (χ2v) is 5.81. The first kappa shape index (κ1) is 14.9. The monoisotopic (exact) mass is 277 g/mol. The summed E-state index contributed by atoms with van der Waals surface area (Å²) in [5, 5.41) is 20.1. The first-order valence-electron chi connectivity index (χ1n) is 6.52. The molecule has 2 aromatic rings. The highest BCUT2D eigenvalue weighted by molar-refractivity contribution is 6.58. The van der Waals surface area contributed by atoms with Crippen molar-refractivity contribution in [1.82, 2.24) is 4.57 Å². The lowest BCUT2D eigenvalue weighted by Gasteiger charge is -2.38. The molecule has 6 heteroatoms. The van der Waals surface area contributed by atoms with Crippen LogP contribution in [0.1, 0.15) is 27.7 Å². The summed E-state index contributed by atoms with van der Waals surface area (Å²) in [4.78, 5) is 0. The van der Waals surface area contributed by atoms with Crippen LogP contribution in [-0.2, 0) is 4.65 Å². The van der Waals surface area contributed by atoms with Gasteiger partial charge in [-0.2, -0.15) is 0 Å². The van der Waals surface area contributed by atoms with Crippen LogP contribution in [0.5, 0.6) is 0 Å². The predicted octanol–water partition coefficient (Wildman–Crippen LogP) is 1.32. The molecule has 0 bridgehead atoms. The van der Waals surface area contributed by atoms with Crippen LogP contribution in [-0.4, -0.2) is 33.0 Å². The van der Waals surface area contributed by atoms with Crippen molar-refractivity contribution in [2.45, 2.75) is 38.9 Å². The topological polar surface area (TPSA) is 67.8 Å². The second kappa shape index (κ2) is 5.12. The molecule has 2 aromatic heterocycles. The lowest BCUT2D eigenvalue weighted by Crippen LogP contribution is -2.52. The molecule has 0 fully saturated rings. The van der Waals surface area contributed by atoms with Crippen LogP contribution in [0.3, 0.4) is 0 Å². The van der Waals surface area contributed by atoms with E-state index in [-0.39, 0.29) is 0 Å². The van der Waals surface area contributed by atoms with Gasteiger partial charge >= 0.3 is 7.12 Å². The van der Waals surface area contributed by atoms with Gasteiger partial charge in [0, 0.05) is 18.5 Å². The van der Waals surface area contributed by atoms with Crippen molar-refractivity contribution in [1.29, 1.82) is 0 Å². The van der Waals surface area contributed by atoms with E-state index >= 15 is 0 Å². The summed E-state index contributed by atoms with van der Waals surface area (Å²) in [6, 6.07) is 7.17. The molecule has 0 aliphatic carbocycles. The van der Waals surface area contributed by atoms with Gasteiger partial charge in [-0.05, 0) is 45.9 Å². The van der Waals surface area contributed by atoms with Gasteiger partial charge in [-0.3, -0.25) is 4.57 Å². The maximum atomic E-state index is 10.1. The summed E-state index contributed by atoms with van der Waals surface area (Å²) in [5.41, 5.74) is -1.72. The number of hydrogen-bond acceptors (Lipinski definition) is 4. The zero-order valence-corrected chi connectivity index (χ0v) is 12.2. The molecule has 0 amide bonds. The highest BCUT2D eigenvalue weighted by Gasteiger charge is 2.40. The van der Waals surface area contributed by atoms with E-state index in [9.17, 15) is 10.1 Å². The van der Waals surface area contributed by atoms with Crippen molar-refractivity contribution in [2.75, 3.05) is 0 Å². The average molecular weight is 277 g/mol. The Morgan fingerprint density at radius 2 is 1.75 bits per heavy atom. The first-order valence-corrected chi connectivity index (χ1v) is 6.52. The first-order chi connectivity index (χ1) is 9.21. The Morgan fingerprint density at radius 3 is 2.30 bits per heavy atom. The molecule has 20 heavy (non-hydrogen) atoms. The largest absolute Gasteiger partial charge is 0.529 e. The number of hydrogen-bond donors (Lipinski definition) is 2. The summed E-state index contributed by atoms with van der Waals surface area (Å²) in [7, 11) is -1.24. The van der Waals surface area contributed by atoms with E-state index in [1.54, 1.807) is 44.4 Å². The summed E-state index contributed by atoms with van der Waals surface area (Å²) in [5.74, 6) is 0.591. The number of furan rings is 1. The Balaban J connectivity index is 2.13. The molecular weight excluding hydrogens is 257 g/mol. The van der Waals surface area contributed by atoms with Gasteiger partial charge in [-0.25, -0.2) is 0 Å². The van der Waals surface area contributed by atoms with E-state index in [0.717, 1.165) is 0 Å². The number of rotatable bonds is 5. The van der Waals surface area contributed by atoms with E-state index in [1.165, 1.54) is 0 Å². The maximum absolute atomic E-state index is 10.1. The standard InChI is InChI=1S/C14H20BNO4/c1-13(2,17)14(3,4)20-15(18)11-7-8-12(19-11)16-9-5-6-10-16/h5-10,17-18H,1-4H3. The zero-order valence-electron chi connectivity index (χ0n) is 12.2. The van der Waals surface area contributed by atoms with Gasteiger partial charge in [0.15, 0.2) is 0 Å². The molecule has 0 aliphatic heterocycles. The number of nitrogens with zero attached hydrogens (tertiary/aromatic N) is 1. The number of aliphatic hydroxyl groups is 1. The normalized spacial score (nSPS) is 12.7. The maximum Gasteiger partial charge on any atom is 0.529 e. The fourth-order valence-corrected chi connectivity index (χ4v) is 1.58. The molecule has 0 atom stereocenters. The van der Waals surface area contributed by atoms with E-state index in [1.807, 2.05) is 24.5 Å². The van der Waals surface area contributed by atoms with Gasteiger partial charge < -0.3 is 19.2 Å². The Labute approximate surface area is 118 Å². The van der Waals surface area contributed by atoms with E-state index in [4.69, 9.17) is 9.07 Å². The molecule has 0 aromatic carbocycles. The van der Waals surface area contributed by atoms with E-state index < -0.39 is 18.3 Å². The highest BCUT2D eigenvalue weighted by Crippen LogP contribution is 2.25. The molecule has 0 unspecified atom stereocenters. The summed E-state index contributed by atoms with van der Waals surface area (Å²) >= 11 is 0. The van der Waals surface area contributed by atoms with E-state index in [2.05, 4.69) is 0 Å². The van der Waals surface area contributed by atoms with Crippen LogP contribution in [0.25, 0.3) is 5.88 Å². The van der Waals surface area contributed by atoms with Crippen molar-refractivity contribution in [3.8, 4) is 5.88 Å². The van der Waals surface area contributed by atoms with Gasteiger partial charge in [0.1, 0.15) is 5.66 Å². The molecule has 5 nitrogen and oxygen atoms in total. The Morgan fingerprint density at radius 1 is 1.15 bits per heavy atom. The molecule has 2 N–H and O–H groups in total. The van der Waals surface area contributed by atoms with Crippen molar-refractivity contribution in [3.05, 3.63) is 36.7 Å². The van der Waals surface area contributed by atoms with Gasteiger partial charge in [0.05, 0.1) is 11.2 Å². The molecule has 0 saturated heterocycles. The Bertz CT molecular complexity index is 554. The van der Waals surface area contributed by atoms with Gasteiger partial charge in [0.25, 0.3) is 0 Å². The van der Waals surface area contributed by atoms with Crippen LogP contribution in [0, 0.1) is 0 Å². The van der Waals surface area contributed by atoms with Gasteiger partial charge in [0.2, 0.25) is 5.88 Å². The zero-order chi connectivity index (χ0) is 15.0. The molecule has 0 aliphatic rings. The SMILES string of the molecule is CC(C)(O)C(C)(C)OB(O)c1ccc(-n2cccc2)o1. The van der Waals surface area contributed by atoms with Crippen LogP contribution in [0.15, 0.2) is 41.1 Å². The quantitative estimate of drug-likeness (QED) is 0.809. The fraction of sp³-hybridized carbons (Fsp3) is 0.429. The third kappa shape index (κ3) is 2.98. The smallest absolute Gasteiger partial charge is 0.448 e. The molecule has 0 radical (unpaired) electrons. The lowest BCUT2D eigenvalue weighted by atomic mass is 9.81. The summed E-state index contributed by atoms with van der Waals surface area (Å²) in [6.45, 7) is 6.69. The minimum absolute atomic E-state index is 0.297. The molecule has 2 heterocycles. The molecule has 2 rings (SSSR count). The third-order valence-electron chi connectivity index (χ3n) is 3.59. The Hall–Kier alpha value is -1.50. The Kier molecular flexibility index (Phi) is 3.82. The molecule has 108 valence electrons. The van der Waals surface area contributed by atoms with Crippen LogP contribution < -0.4 is 5.66 Å². The third-order valence-corrected chi connectivity index (χ3v) is 3.59. The fourth-order valence-electron chi connectivity index (χ4n) is 1.58. The lowest BCUT2D eigenvalue weighted by molar-refractivity contribution is -0.0986. The molecular formula is C14H20BNO4. The molecule has 0 saturated carbocycles. The minimum atomic E-state index is -1.24. The highest BCUT2D eigenvalue weighted by atomic mass is 16.6. The van der Waals surface area contributed by atoms with Crippen LogP contribution in [0.4, 0.5) is 0 Å². The summed E-state index contributed by atoms with van der Waals surface area (Å²) < 4.78 is 12.9.